The Labute approximate surface area is 119 Å². The summed E-state index contributed by atoms with van der Waals surface area (Å²) in [4.78, 5) is 15.5. The molecule has 94 valence electrons. The van der Waals surface area contributed by atoms with E-state index in [1.54, 1.807) is 24.7 Å². The number of rotatable bonds is 2. The van der Waals surface area contributed by atoms with E-state index >= 15 is 0 Å². The van der Waals surface area contributed by atoms with Gasteiger partial charge in [0.2, 0.25) is 0 Å². The Bertz CT molecular complexity index is 710. The van der Waals surface area contributed by atoms with Gasteiger partial charge in [-0.2, -0.15) is 0 Å². The second kappa shape index (κ2) is 4.99. The van der Waals surface area contributed by atoms with Crippen molar-refractivity contribution >= 4 is 23.2 Å². The van der Waals surface area contributed by atoms with Gasteiger partial charge in [-0.05, 0) is 18.2 Å². The minimum Gasteiger partial charge on any atom is -0.338 e. The lowest BCUT2D eigenvalue weighted by Gasteiger charge is -2.00. The van der Waals surface area contributed by atoms with Gasteiger partial charge < -0.3 is 4.98 Å². The minimum absolute atomic E-state index is 0.358. The fourth-order valence-electron chi connectivity index (χ4n) is 1.72. The molecular formula is C13H8Cl2N4. The maximum Gasteiger partial charge on any atom is 0.140 e. The van der Waals surface area contributed by atoms with Gasteiger partial charge >= 0.3 is 0 Å². The van der Waals surface area contributed by atoms with Gasteiger partial charge in [-0.3, -0.25) is 4.98 Å². The van der Waals surface area contributed by atoms with Gasteiger partial charge in [0.15, 0.2) is 0 Å². The Morgan fingerprint density at radius 3 is 2.74 bits per heavy atom. The fourth-order valence-corrected chi connectivity index (χ4v) is 2.07. The lowest BCUT2D eigenvalue weighted by atomic mass is 10.2. The average molecular weight is 291 g/mol. The largest absolute Gasteiger partial charge is 0.338 e. The molecule has 0 aliphatic carbocycles. The van der Waals surface area contributed by atoms with Crippen molar-refractivity contribution in [1.29, 1.82) is 0 Å². The SMILES string of the molecule is Clc1cnc(Cl)c(-c2ncc(-c3cccnc3)[nH]2)c1. The second-order valence-electron chi connectivity index (χ2n) is 3.88. The van der Waals surface area contributed by atoms with E-state index < -0.39 is 0 Å². The number of nitrogens with zero attached hydrogens (tertiary/aromatic N) is 3. The summed E-state index contributed by atoms with van der Waals surface area (Å²) in [5.74, 6) is 0.624. The molecule has 6 heteroatoms. The molecule has 0 fully saturated rings. The van der Waals surface area contributed by atoms with E-state index in [9.17, 15) is 0 Å². The zero-order chi connectivity index (χ0) is 13.2. The van der Waals surface area contributed by atoms with E-state index in [1.807, 2.05) is 12.1 Å². The Morgan fingerprint density at radius 2 is 1.95 bits per heavy atom. The van der Waals surface area contributed by atoms with Gasteiger partial charge in [0, 0.05) is 24.2 Å². The Hall–Kier alpha value is -1.91. The number of H-pyrrole nitrogens is 1. The van der Waals surface area contributed by atoms with Crippen LogP contribution in [0.3, 0.4) is 0 Å². The predicted molar refractivity (Wildman–Crippen MR) is 75.1 cm³/mol. The standard InChI is InChI=1S/C13H8Cl2N4/c14-9-4-10(12(15)17-6-9)13-18-7-11(19-13)8-2-1-3-16-5-8/h1-7H,(H,18,19). The highest BCUT2D eigenvalue weighted by Gasteiger charge is 2.10. The maximum absolute atomic E-state index is 6.04. The van der Waals surface area contributed by atoms with E-state index in [0.717, 1.165) is 11.3 Å². The number of pyridine rings is 2. The number of aromatic nitrogens is 4. The zero-order valence-corrected chi connectivity index (χ0v) is 11.2. The van der Waals surface area contributed by atoms with Crippen molar-refractivity contribution in [3.8, 4) is 22.6 Å². The van der Waals surface area contributed by atoms with Crippen molar-refractivity contribution in [2.45, 2.75) is 0 Å². The van der Waals surface area contributed by atoms with Crippen LogP contribution in [0, 0.1) is 0 Å². The second-order valence-corrected chi connectivity index (χ2v) is 4.67. The molecule has 0 radical (unpaired) electrons. The predicted octanol–water partition coefficient (Wildman–Crippen LogP) is 3.84. The molecular weight excluding hydrogens is 283 g/mol. The summed E-state index contributed by atoms with van der Waals surface area (Å²) in [6, 6.07) is 5.54. The quantitative estimate of drug-likeness (QED) is 0.730. The number of hydrogen-bond donors (Lipinski definition) is 1. The Morgan fingerprint density at radius 1 is 1.05 bits per heavy atom. The van der Waals surface area contributed by atoms with E-state index in [0.29, 0.717) is 21.6 Å². The van der Waals surface area contributed by atoms with Gasteiger partial charge in [-0.1, -0.05) is 23.2 Å². The first-order valence-corrected chi connectivity index (χ1v) is 6.26. The summed E-state index contributed by atoms with van der Waals surface area (Å²) in [5, 5.41) is 0.871. The molecule has 3 rings (SSSR count). The number of imidazole rings is 1. The van der Waals surface area contributed by atoms with Crippen LogP contribution in [-0.4, -0.2) is 19.9 Å². The molecule has 0 saturated heterocycles. The number of halogens is 2. The lowest BCUT2D eigenvalue weighted by molar-refractivity contribution is 1.26. The average Bonchev–Trinajstić information content (AvgIpc) is 2.92. The molecule has 3 heterocycles. The molecule has 0 atom stereocenters. The van der Waals surface area contributed by atoms with Crippen molar-refractivity contribution in [2.75, 3.05) is 0 Å². The molecule has 1 N–H and O–H groups in total. The molecule has 0 aliphatic heterocycles. The van der Waals surface area contributed by atoms with Crippen LogP contribution in [0.25, 0.3) is 22.6 Å². The molecule has 19 heavy (non-hydrogen) atoms. The highest BCUT2D eigenvalue weighted by molar-refractivity contribution is 6.34. The molecule has 3 aromatic heterocycles. The normalized spacial score (nSPS) is 10.6. The first-order valence-electron chi connectivity index (χ1n) is 5.51. The molecule has 0 spiro atoms. The van der Waals surface area contributed by atoms with Crippen LogP contribution < -0.4 is 0 Å². The third-order valence-electron chi connectivity index (χ3n) is 2.61. The van der Waals surface area contributed by atoms with Crippen molar-refractivity contribution in [1.82, 2.24) is 19.9 Å². The smallest absolute Gasteiger partial charge is 0.140 e. The summed E-state index contributed by atoms with van der Waals surface area (Å²) in [6.07, 6.45) is 6.70. The molecule has 0 bridgehead atoms. The van der Waals surface area contributed by atoms with Gasteiger partial charge in [-0.25, -0.2) is 9.97 Å². The molecule has 3 aromatic rings. The summed E-state index contributed by atoms with van der Waals surface area (Å²) in [7, 11) is 0. The van der Waals surface area contributed by atoms with E-state index in [2.05, 4.69) is 19.9 Å². The number of aromatic amines is 1. The van der Waals surface area contributed by atoms with Gasteiger partial charge in [0.05, 0.1) is 22.5 Å². The van der Waals surface area contributed by atoms with E-state index in [4.69, 9.17) is 23.2 Å². The molecule has 4 nitrogen and oxygen atoms in total. The van der Waals surface area contributed by atoms with Crippen LogP contribution in [0.15, 0.2) is 43.0 Å². The molecule has 0 saturated carbocycles. The number of nitrogens with one attached hydrogen (secondary N) is 1. The monoisotopic (exact) mass is 290 g/mol. The van der Waals surface area contributed by atoms with Crippen LogP contribution in [0.4, 0.5) is 0 Å². The first kappa shape index (κ1) is 12.1. The maximum atomic E-state index is 6.04. The minimum atomic E-state index is 0.358. The summed E-state index contributed by atoms with van der Waals surface area (Å²) in [6.45, 7) is 0. The summed E-state index contributed by atoms with van der Waals surface area (Å²) in [5.41, 5.74) is 2.48. The highest BCUT2D eigenvalue weighted by Crippen LogP contribution is 2.28. The van der Waals surface area contributed by atoms with Crippen LogP contribution in [0.5, 0.6) is 0 Å². The summed E-state index contributed by atoms with van der Waals surface area (Å²) < 4.78 is 0. The summed E-state index contributed by atoms with van der Waals surface area (Å²) >= 11 is 12.0. The Balaban J connectivity index is 2.04. The molecule has 0 amide bonds. The molecule has 0 aliphatic rings. The number of hydrogen-bond acceptors (Lipinski definition) is 3. The van der Waals surface area contributed by atoms with Crippen LogP contribution in [0.2, 0.25) is 10.2 Å². The zero-order valence-electron chi connectivity index (χ0n) is 9.64. The third kappa shape index (κ3) is 2.45. The van der Waals surface area contributed by atoms with Crippen molar-refractivity contribution < 1.29 is 0 Å². The fraction of sp³-hybridized carbons (Fsp3) is 0. The first-order chi connectivity index (χ1) is 9.24. The third-order valence-corrected chi connectivity index (χ3v) is 3.12. The van der Waals surface area contributed by atoms with E-state index in [1.165, 1.54) is 6.20 Å². The van der Waals surface area contributed by atoms with Gasteiger partial charge in [0.25, 0.3) is 0 Å². The molecule has 0 aromatic carbocycles. The van der Waals surface area contributed by atoms with Crippen molar-refractivity contribution in [3.05, 3.63) is 53.2 Å². The Kier molecular flexibility index (Phi) is 3.19. The highest BCUT2D eigenvalue weighted by atomic mass is 35.5. The van der Waals surface area contributed by atoms with E-state index in [-0.39, 0.29) is 0 Å². The van der Waals surface area contributed by atoms with Crippen molar-refractivity contribution in [2.24, 2.45) is 0 Å². The topological polar surface area (TPSA) is 54.5 Å². The molecule has 0 unspecified atom stereocenters. The van der Waals surface area contributed by atoms with Crippen LogP contribution in [0.1, 0.15) is 0 Å². The lowest BCUT2D eigenvalue weighted by Crippen LogP contribution is -1.86. The van der Waals surface area contributed by atoms with Gasteiger partial charge in [-0.15, -0.1) is 0 Å². The van der Waals surface area contributed by atoms with Crippen molar-refractivity contribution in [3.63, 3.8) is 0 Å². The van der Waals surface area contributed by atoms with Crippen LogP contribution >= 0.6 is 23.2 Å². The van der Waals surface area contributed by atoms with Gasteiger partial charge in [0.1, 0.15) is 11.0 Å². The van der Waals surface area contributed by atoms with Crippen LogP contribution in [-0.2, 0) is 0 Å².